The number of sulfonamides is 1. The first-order chi connectivity index (χ1) is 12.3. The Labute approximate surface area is 155 Å². The van der Waals surface area contributed by atoms with E-state index in [1.165, 1.54) is 35.5 Å². The second kappa shape index (κ2) is 8.75. The Morgan fingerprint density at radius 1 is 1.00 bits per heavy atom. The lowest BCUT2D eigenvalue weighted by molar-refractivity contribution is -0.132. The Kier molecular flexibility index (Phi) is 6.91. The predicted molar refractivity (Wildman–Crippen MR) is 99.6 cm³/mol. The van der Waals surface area contributed by atoms with E-state index in [1.807, 2.05) is 18.7 Å². The molecular formula is C18H27N3O4S. The molecule has 7 nitrogen and oxygen atoms in total. The molecule has 8 heteroatoms. The van der Waals surface area contributed by atoms with Crippen molar-refractivity contribution in [1.82, 2.24) is 14.1 Å². The van der Waals surface area contributed by atoms with Gasteiger partial charge in [-0.3, -0.25) is 14.5 Å². The molecule has 0 aliphatic carbocycles. The number of rotatable bonds is 7. The van der Waals surface area contributed by atoms with E-state index in [0.717, 1.165) is 0 Å². The van der Waals surface area contributed by atoms with Gasteiger partial charge in [-0.25, -0.2) is 8.42 Å². The van der Waals surface area contributed by atoms with Gasteiger partial charge < -0.3 is 4.90 Å². The Bertz CT molecular complexity index is 734. The maximum absolute atomic E-state index is 12.7. The molecule has 1 saturated heterocycles. The number of likely N-dealkylation sites (N-methyl/N-ethyl adjacent to an activating group) is 1. The summed E-state index contributed by atoms with van der Waals surface area (Å²) in [7, 11) is -3.58. The molecule has 1 fully saturated rings. The van der Waals surface area contributed by atoms with Gasteiger partial charge in [0.25, 0.3) is 0 Å². The average molecular weight is 381 g/mol. The number of carbonyl (C=O) groups is 2. The highest BCUT2D eigenvalue weighted by molar-refractivity contribution is 7.89. The maximum atomic E-state index is 12.7. The smallest absolute Gasteiger partial charge is 0.243 e. The molecule has 0 spiro atoms. The molecule has 1 amide bonds. The first-order valence-corrected chi connectivity index (χ1v) is 10.3. The summed E-state index contributed by atoms with van der Waals surface area (Å²) in [5.41, 5.74) is 0.490. The molecule has 26 heavy (non-hydrogen) atoms. The Morgan fingerprint density at radius 3 is 2.00 bits per heavy atom. The van der Waals surface area contributed by atoms with Crippen molar-refractivity contribution in [3.05, 3.63) is 29.8 Å². The lowest BCUT2D eigenvalue weighted by Crippen LogP contribution is -2.51. The van der Waals surface area contributed by atoms with Crippen molar-refractivity contribution in [1.29, 1.82) is 0 Å². The zero-order valence-electron chi connectivity index (χ0n) is 15.6. The molecule has 144 valence electrons. The standard InChI is InChI=1S/C18H27N3O4S/c1-4-20(5-2)18(23)14-19-10-12-21(13-11-19)26(24,25)17-8-6-16(7-9-17)15(3)22/h6-9H,4-5,10-14H2,1-3H3. The molecule has 2 rings (SSSR count). The maximum Gasteiger partial charge on any atom is 0.243 e. The van der Waals surface area contributed by atoms with Gasteiger partial charge in [0, 0.05) is 44.8 Å². The predicted octanol–water partition coefficient (Wildman–Crippen LogP) is 1.06. The Balaban J connectivity index is 1.98. The molecule has 1 aromatic rings. The lowest BCUT2D eigenvalue weighted by Gasteiger charge is -2.34. The molecule has 0 N–H and O–H groups in total. The third kappa shape index (κ3) is 4.69. The van der Waals surface area contributed by atoms with Crippen LogP contribution in [0.25, 0.3) is 0 Å². The number of ketones is 1. The number of nitrogens with zero attached hydrogens (tertiary/aromatic N) is 3. The summed E-state index contributed by atoms with van der Waals surface area (Å²) in [6.45, 7) is 8.78. The number of carbonyl (C=O) groups excluding carboxylic acids is 2. The zero-order chi connectivity index (χ0) is 19.3. The van der Waals surface area contributed by atoms with Crippen LogP contribution < -0.4 is 0 Å². The van der Waals surface area contributed by atoms with E-state index in [0.29, 0.717) is 51.4 Å². The molecule has 0 aromatic heterocycles. The third-order valence-corrected chi connectivity index (χ3v) is 6.62. The van der Waals surface area contributed by atoms with Crippen LogP contribution in [0.5, 0.6) is 0 Å². The highest BCUT2D eigenvalue weighted by Gasteiger charge is 2.29. The molecule has 1 aliphatic rings. The molecule has 0 unspecified atom stereocenters. The van der Waals surface area contributed by atoms with Gasteiger partial charge in [0.05, 0.1) is 11.4 Å². The topological polar surface area (TPSA) is 78.0 Å². The fourth-order valence-electron chi connectivity index (χ4n) is 3.01. The van der Waals surface area contributed by atoms with E-state index in [4.69, 9.17) is 0 Å². The summed E-state index contributed by atoms with van der Waals surface area (Å²) in [6, 6.07) is 6.02. The van der Waals surface area contributed by atoms with Gasteiger partial charge in [0.15, 0.2) is 5.78 Å². The fraction of sp³-hybridized carbons (Fsp3) is 0.556. The van der Waals surface area contributed by atoms with E-state index in [2.05, 4.69) is 0 Å². The van der Waals surface area contributed by atoms with Crippen molar-refractivity contribution in [3.8, 4) is 0 Å². The monoisotopic (exact) mass is 381 g/mol. The van der Waals surface area contributed by atoms with Gasteiger partial charge in [0.1, 0.15) is 0 Å². The van der Waals surface area contributed by atoms with Crippen molar-refractivity contribution in [2.45, 2.75) is 25.7 Å². The van der Waals surface area contributed by atoms with Gasteiger partial charge in [0.2, 0.25) is 15.9 Å². The quantitative estimate of drug-likeness (QED) is 0.660. The van der Waals surface area contributed by atoms with Crippen molar-refractivity contribution < 1.29 is 18.0 Å². The summed E-state index contributed by atoms with van der Waals surface area (Å²) in [6.07, 6.45) is 0. The van der Waals surface area contributed by atoms with E-state index < -0.39 is 10.0 Å². The summed E-state index contributed by atoms with van der Waals surface area (Å²) in [5, 5.41) is 0. The minimum Gasteiger partial charge on any atom is -0.342 e. The van der Waals surface area contributed by atoms with Crippen LogP contribution >= 0.6 is 0 Å². The van der Waals surface area contributed by atoms with Crippen LogP contribution in [0.15, 0.2) is 29.2 Å². The normalized spacial score (nSPS) is 16.4. The first kappa shape index (κ1) is 20.5. The molecular weight excluding hydrogens is 354 g/mol. The Hall–Kier alpha value is -1.77. The lowest BCUT2D eigenvalue weighted by atomic mass is 10.2. The highest BCUT2D eigenvalue weighted by Crippen LogP contribution is 2.18. The third-order valence-electron chi connectivity index (χ3n) is 4.70. The van der Waals surface area contributed by atoms with E-state index in [-0.39, 0.29) is 16.6 Å². The van der Waals surface area contributed by atoms with Crippen LogP contribution in [0.1, 0.15) is 31.1 Å². The van der Waals surface area contributed by atoms with Crippen molar-refractivity contribution in [2.24, 2.45) is 0 Å². The van der Waals surface area contributed by atoms with Crippen molar-refractivity contribution >= 4 is 21.7 Å². The number of piperazine rings is 1. The zero-order valence-corrected chi connectivity index (χ0v) is 16.5. The molecule has 0 bridgehead atoms. The van der Waals surface area contributed by atoms with E-state index >= 15 is 0 Å². The summed E-state index contributed by atoms with van der Waals surface area (Å²) < 4.78 is 26.9. The van der Waals surface area contributed by atoms with E-state index in [1.54, 1.807) is 4.90 Å². The first-order valence-electron chi connectivity index (χ1n) is 8.90. The Morgan fingerprint density at radius 2 is 1.54 bits per heavy atom. The molecule has 0 radical (unpaired) electrons. The van der Waals surface area contributed by atoms with Crippen LogP contribution in [-0.4, -0.2) is 80.0 Å². The molecule has 1 heterocycles. The summed E-state index contributed by atoms with van der Waals surface area (Å²) in [4.78, 5) is 27.5. The SMILES string of the molecule is CCN(CC)C(=O)CN1CCN(S(=O)(=O)c2ccc(C(C)=O)cc2)CC1. The van der Waals surface area contributed by atoms with Crippen molar-refractivity contribution in [3.63, 3.8) is 0 Å². The number of hydrogen-bond acceptors (Lipinski definition) is 5. The van der Waals surface area contributed by atoms with Gasteiger partial charge in [-0.15, -0.1) is 0 Å². The highest BCUT2D eigenvalue weighted by atomic mass is 32.2. The van der Waals surface area contributed by atoms with Gasteiger partial charge >= 0.3 is 0 Å². The number of benzene rings is 1. The van der Waals surface area contributed by atoms with Crippen LogP contribution in [0.2, 0.25) is 0 Å². The average Bonchev–Trinajstić information content (AvgIpc) is 2.63. The molecule has 1 aliphatic heterocycles. The minimum atomic E-state index is -3.58. The molecule has 0 saturated carbocycles. The molecule has 0 atom stereocenters. The second-order valence-electron chi connectivity index (χ2n) is 6.33. The minimum absolute atomic E-state index is 0.0751. The second-order valence-corrected chi connectivity index (χ2v) is 8.26. The fourth-order valence-corrected chi connectivity index (χ4v) is 4.43. The van der Waals surface area contributed by atoms with Gasteiger partial charge in [-0.1, -0.05) is 12.1 Å². The number of Topliss-reactive ketones (excluding diaryl/α,β-unsaturated/α-hetero) is 1. The number of hydrogen-bond donors (Lipinski definition) is 0. The van der Waals surface area contributed by atoms with E-state index in [9.17, 15) is 18.0 Å². The molecule has 1 aromatic carbocycles. The number of amides is 1. The van der Waals surface area contributed by atoms with Crippen LogP contribution in [-0.2, 0) is 14.8 Å². The summed E-state index contributed by atoms with van der Waals surface area (Å²) >= 11 is 0. The van der Waals surface area contributed by atoms with Crippen molar-refractivity contribution in [2.75, 3.05) is 45.8 Å². The largest absolute Gasteiger partial charge is 0.342 e. The van der Waals surface area contributed by atoms with Crippen LogP contribution in [0, 0.1) is 0 Å². The summed E-state index contributed by atoms with van der Waals surface area (Å²) in [5.74, 6) is -0.0217. The van der Waals surface area contributed by atoms with Gasteiger partial charge in [-0.2, -0.15) is 4.31 Å². The van der Waals surface area contributed by atoms with Crippen LogP contribution in [0.4, 0.5) is 0 Å². The van der Waals surface area contributed by atoms with Gasteiger partial charge in [-0.05, 0) is 32.9 Å². The van der Waals surface area contributed by atoms with Crippen LogP contribution in [0.3, 0.4) is 0 Å².